The molecule has 0 spiro atoms. The Morgan fingerprint density at radius 2 is 2.12 bits per heavy atom. The SMILES string of the molecule is COC(C)c1nc(C)c(C(=O)Nc2ncc(C3CCNCC3)s2)s1.Cl. The molecule has 2 aromatic heterocycles. The fourth-order valence-electron chi connectivity index (χ4n) is 2.70. The number of anilines is 1. The number of nitrogens with zero attached hydrogens (tertiary/aromatic N) is 2. The van der Waals surface area contributed by atoms with Crippen LogP contribution in [0.2, 0.25) is 0 Å². The van der Waals surface area contributed by atoms with E-state index in [2.05, 4.69) is 20.6 Å². The second-order valence-electron chi connectivity index (χ2n) is 5.89. The monoisotopic (exact) mass is 402 g/mol. The summed E-state index contributed by atoms with van der Waals surface area (Å²) in [5.41, 5.74) is 0.728. The Kier molecular flexibility index (Phi) is 7.33. The number of aryl methyl sites for hydroxylation is 1. The molecule has 0 aliphatic carbocycles. The third-order valence-corrected chi connectivity index (χ3v) is 6.60. The van der Waals surface area contributed by atoms with Gasteiger partial charge in [0.05, 0.1) is 5.69 Å². The molecule has 2 aromatic rings. The number of nitrogens with one attached hydrogen (secondary N) is 2. The average Bonchev–Trinajstić information content (AvgIpc) is 3.21. The van der Waals surface area contributed by atoms with Crippen molar-refractivity contribution >= 4 is 46.1 Å². The van der Waals surface area contributed by atoms with Gasteiger partial charge in [0.25, 0.3) is 5.91 Å². The molecule has 3 heterocycles. The van der Waals surface area contributed by atoms with Gasteiger partial charge in [-0.1, -0.05) is 0 Å². The second kappa shape index (κ2) is 9.05. The van der Waals surface area contributed by atoms with E-state index in [1.165, 1.54) is 16.2 Å². The zero-order chi connectivity index (χ0) is 17.1. The fourth-order valence-corrected chi connectivity index (χ4v) is 4.67. The number of piperidine rings is 1. The van der Waals surface area contributed by atoms with E-state index in [9.17, 15) is 4.79 Å². The van der Waals surface area contributed by atoms with Crippen molar-refractivity contribution in [2.75, 3.05) is 25.5 Å². The number of methoxy groups -OCH3 is 1. The predicted molar refractivity (Wildman–Crippen MR) is 104 cm³/mol. The predicted octanol–water partition coefficient (Wildman–Crippen LogP) is 3.76. The first-order valence-corrected chi connectivity index (χ1v) is 9.69. The number of aromatic nitrogens is 2. The maximum absolute atomic E-state index is 12.5. The maximum Gasteiger partial charge on any atom is 0.269 e. The summed E-state index contributed by atoms with van der Waals surface area (Å²) in [6.45, 7) is 5.86. The lowest BCUT2D eigenvalue weighted by molar-refractivity contribution is 0.102. The van der Waals surface area contributed by atoms with Crippen LogP contribution in [0, 0.1) is 6.92 Å². The summed E-state index contributed by atoms with van der Waals surface area (Å²) in [6, 6.07) is 0. The van der Waals surface area contributed by atoms with Gasteiger partial charge in [0.2, 0.25) is 0 Å². The Labute approximate surface area is 161 Å². The highest BCUT2D eigenvalue weighted by molar-refractivity contribution is 7.16. The van der Waals surface area contributed by atoms with E-state index in [-0.39, 0.29) is 24.4 Å². The lowest BCUT2D eigenvalue weighted by Crippen LogP contribution is -2.26. The molecule has 6 nitrogen and oxygen atoms in total. The summed E-state index contributed by atoms with van der Waals surface area (Å²) in [7, 11) is 1.64. The second-order valence-corrected chi connectivity index (χ2v) is 7.98. The maximum atomic E-state index is 12.5. The van der Waals surface area contributed by atoms with Gasteiger partial charge in [-0.25, -0.2) is 9.97 Å². The van der Waals surface area contributed by atoms with Crippen LogP contribution in [0.1, 0.15) is 57.0 Å². The summed E-state index contributed by atoms with van der Waals surface area (Å²) in [5.74, 6) is 0.402. The minimum atomic E-state index is -0.147. The van der Waals surface area contributed by atoms with E-state index in [0.717, 1.165) is 36.6 Å². The van der Waals surface area contributed by atoms with Crippen molar-refractivity contribution in [1.82, 2.24) is 15.3 Å². The minimum absolute atomic E-state index is 0. The highest BCUT2D eigenvalue weighted by Gasteiger charge is 2.21. The van der Waals surface area contributed by atoms with Crippen LogP contribution in [0.25, 0.3) is 0 Å². The van der Waals surface area contributed by atoms with E-state index in [1.807, 2.05) is 20.0 Å². The van der Waals surface area contributed by atoms with Crippen LogP contribution in [0.4, 0.5) is 5.13 Å². The normalized spacial score (nSPS) is 16.3. The molecular formula is C16H23ClN4O2S2. The summed E-state index contributed by atoms with van der Waals surface area (Å²) in [4.78, 5) is 23.2. The number of ether oxygens (including phenoxy) is 1. The number of hydrogen-bond acceptors (Lipinski definition) is 7. The van der Waals surface area contributed by atoms with Crippen LogP contribution >= 0.6 is 35.1 Å². The molecule has 1 saturated heterocycles. The zero-order valence-electron chi connectivity index (χ0n) is 14.5. The van der Waals surface area contributed by atoms with Crippen LogP contribution in [0.3, 0.4) is 0 Å². The molecule has 1 aliphatic heterocycles. The molecule has 25 heavy (non-hydrogen) atoms. The Morgan fingerprint density at radius 3 is 2.80 bits per heavy atom. The summed E-state index contributed by atoms with van der Waals surface area (Å²) >= 11 is 2.95. The number of carbonyl (C=O) groups is 1. The van der Waals surface area contributed by atoms with Crippen LogP contribution in [-0.2, 0) is 4.74 Å². The van der Waals surface area contributed by atoms with E-state index in [4.69, 9.17) is 4.74 Å². The van der Waals surface area contributed by atoms with Crippen molar-refractivity contribution in [2.45, 2.75) is 38.7 Å². The number of amides is 1. The van der Waals surface area contributed by atoms with Crippen LogP contribution < -0.4 is 10.6 Å². The first-order valence-electron chi connectivity index (χ1n) is 8.06. The molecule has 1 amide bonds. The van der Waals surface area contributed by atoms with E-state index < -0.39 is 0 Å². The molecule has 3 rings (SSSR count). The van der Waals surface area contributed by atoms with Gasteiger partial charge in [-0.2, -0.15) is 0 Å². The standard InChI is InChI=1S/C16H22N4O2S2.ClH/c1-9-13(24-15(19-9)10(2)22-3)14(21)20-16-18-8-12(23-16)11-4-6-17-7-5-11;/h8,10-11,17H,4-7H2,1-3H3,(H,18,20,21);1H. The van der Waals surface area contributed by atoms with Crippen LogP contribution in [0.5, 0.6) is 0 Å². The highest BCUT2D eigenvalue weighted by atomic mass is 35.5. The lowest BCUT2D eigenvalue weighted by Gasteiger charge is -2.20. The number of hydrogen-bond donors (Lipinski definition) is 2. The zero-order valence-corrected chi connectivity index (χ0v) is 16.9. The quantitative estimate of drug-likeness (QED) is 0.796. The van der Waals surface area contributed by atoms with Crippen molar-refractivity contribution in [2.24, 2.45) is 0 Å². The lowest BCUT2D eigenvalue weighted by atomic mass is 9.97. The van der Waals surface area contributed by atoms with Gasteiger partial charge < -0.3 is 10.1 Å². The summed E-state index contributed by atoms with van der Waals surface area (Å²) < 4.78 is 5.27. The molecule has 0 radical (unpaired) electrons. The smallest absolute Gasteiger partial charge is 0.269 e. The molecular weight excluding hydrogens is 380 g/mol. The van der Waals surface area contributed by atoms with E-state index >= 15 is 0 Å². The largest absolute Gasteiger partial charge is 0.375 e. The fraction of sp³-hybridized carbons (Fsp3) is 0.562. The summed E-state index contributed by atoms with van der Waals surface area (Å²) in [5, 5.41) is 7.75. The van der Waals surface area contributed by atoms with Gasteiger partial charge in [-0.15, -0.1) is 35.1 Å². The molecule has 2 N–H and O–H groups in total. The Hall–Kier alpha value is -1.06. The molecule has 0 bridgehead atoms. The van der Waals surface area contributed by atoms with E-state index in [1.54, 1.807) is 18.4 Å². The molecule has 9 heteroatoms. The molecule has 1 unspecified atom stereocenters. The Morgan fingerprint density at radius 1 is 1.40 bits per heavy atom. The molecule has 138 valence electrons. The molecule has 1 aliphatic rings. The van der Waals surface area contributed by atoms with Gasteiger partial charge >= 0.3 is 0 Å². The topological polar surface area (TPSA) is 76.1 Å². The third kappa shape index (κ3) is 4.77. The van der Waals surface area contributed by atoms with Gasteiger partial charge in [0.15, 0.2) is 5.13 Å². The molecule has 0 saturated carbocycles. The van der Waals surface area contributed by atoms with Crippen molar-refractivity contribution in [1.29, 1.82) is 0 Å². The number of halogens is 1. The third-order valence-electron chi connectivity index (χ3n) is 4.21. The molecule has 1 fully saturated rings. The van der Waals surface area contributed by atoms with Gasteiger partial charge in [0.1, 0.15) is 16.0 Å². The minimum Gasteiger partial charge on any atom is -0.375 e. The van der Waals surface area contributed by atoms with Crippen molar-refractivity contribution in [3.05, 3.63) is 26.7 Å². The van der Waals surface area contributed by atoms with E-state index in [0.29, 0.717) is 15.9 Å². The number of thiazole rings is 2. The van der Waals surface area contributed by atoms with Crippen LogP contribution in [-0.4, -0.2) is 36.1 Å². The average molecular weight is 403 g/mol. The van der Waals surface area contributed by atoms with Crippen LogP contribution in [0.15, 0.2) is 6.20 Å². The summed E-state index contributed by atoms with van der Waals surface area (Å²) in [6.07, 6.45) is 4.04. The first-order chi connectivity index (χ1) is 11.6. The first kappa shape index (κ1) is 20.3. The highest BCUT2D eigenvalue weighted by Crippen LogP contribution is 2.32. The number of rotatable bonds is 5. The van der Waals surface area contributed by atoms with Crippen molar-refractivity contribution < 1.29 is 9.53 Å². The van der Waals surface area contributed by atoms with Crippen molar-refractivity contribution in [3.8, 4) is 0 Å². The van der Waals surface area contributed by atoms with Gasteiger partial charge in [-0.05, 0) is 45.7 Å². The molecule has 0 aromatic carbocycles. The number of carbonyl (C=O) groups excluding carboxylic acids is 1. The Bertz CT molecular complexity index is 713. The van der Waals surface area contributed by atoms with Gasteiger partial charge in [-0.3, -0.25) is 10.1 Å². The Balaban J connectivity index is 0.00000225. The molecule has 1 atom stereocenters. The van der Waals surface area contributed by atoms with Crippen molar-refractivity contribution in [3.63, 3.8) is 0 Å². The van der Waals surface area contributed by atoms with Gasteiger partial charge in [0, 0.05) is 18.2 Å².